The van der Waals surface area contributed by atoms with E-state index >= 15 is 0 Å². The molecule has 0 saturated carbocycles. The summed E-state index contributed by atoms with van der Waals surface area (Å²) in [5.41, 5.74) is 0. The number of carbonyl (C=O) groups excluding carboxylic acids is 1. The van der Waals surface area contributed by atoms with E-state index in [9.17, 15) is 4.79 Å². The van der Waals surface area contributed by atoms with Crippen molar-refractivity contribution in [2.45, 2.75) is 13.2 Å². The monoisotopic (exact) mass is 199 g/mol. The summed E-state index contributed by atoms with van der Waals surface area (Å²) in [6.07, 6.45) is 2.22. The largest absolute Gasteiger partial charge is 0.450 e. The lowest BCUT2D eigenvalue weighted by Gasteiger charge is -2.26. The minimum absolute atomic E-state index is 0.333. The van der Waals surface area contributed by atoms with Crippen LogP contribution in [0.25, 0.3) is 0 Å². The van der Waals surface area contributed by atoms with Crippen molar-refractivity contribution in [1.82, 2.24) is 4.90 Å². The Balaban J connectivity index is 4.46. The van der Waals surface area contributed by atoms with Gasteiger partial charge >= 0.3 is 6.09 Å². The molecule has 0 aromatic rings. The molecule has 14 heavy (non-hydrogen) atoms. The number of amides is 1. The van der Waals surface area contributed by atoms with Crippen molar-refractivity contribution in [3.05, 3.63) is 25.3 Å². The molecular weight excluding hydrogens is 182 g/mol. The molecule has 4 nitrogen and oxygen atoms in total. The van der Waals surface area contributed by atoms with Gasteiger partial charge in [-0.3, -0.25) is 4.90 Å². The molecule has 4 heteroatoms. The second-order valence-corrected chi connectivity index (χ2v) is 2.50. The first kappa shape index (κ1) is 12.7. The maximum absolute atomic E-state index is 11.4. The summed E-state index contributed by atoms with van der Waals surface area (Å²) in [6.45, 7) is 9.57. The standard InChI is InChI=1S/C10H17NO3/c1-5-8-11(9(6-2)13-4)10(12)14-7-3/h5-6,9H,1-2,7-8H2,3-4H3. The summed E-state index contributed by atoms with van der Waals surface area (Å²) in [4.78, 5) is 12.8. The van der Waals surface area contributed by atoms with E-state index in [2.05, 4.69) is 13.2 Å². The van der Waals surface area contributed by atoms with E-state index in [4.69, 9.17) is 9.47 Å². The number of ether oxygens (including phenoxy) is 2. The number of rotatable bonds is 6. The molecule has 0 aliphatic rings. The summed E-state index contributed by atoms with van der Waals surface area (Å²) < 4.78 is 9.89. The third-order valence-corrected chi connectivity index (χ3v) is 1.58. The molecule has 0 radical (unpaired) electrons. The molecule has 0 aromatic heterocycles. The van der Waals surface area contributed by atoms with E-state index in [0.717, 1.165) is 0 Å². The van der Waals surface area contributed by atoms with Gasteiger partial charge in [-0.25, -0.2) is 4.79 Å². The van der Waals surface area contributed by atoms with E-state index in [-0.39, 0.29) is 0 Å². The predicted octanol–water partition coefficient (Wildman–Crippen LogP) is 1.79. The van der Waals surface area contributed by atoms with Gasteiger partial charge in [-0.05, 0) is 13.0 Å². The van der Waals surface area contributed by atoms with Gasteiger partial charge in [-0.1, -0.05) is 12.7 Å². The Morgan fingerprint density at radius 1 is 1.57 bits per heavy atom. The minimum Gasteiger partial charge on any atom is -0.450 e. The lowest BCUT2D eigenvalue weighted by atomic mass is 10.4. The van der Waals surface area contributed by atoms with Crippen molar-refractivity contribution in [2.24, 2.45) is 0 Å². The van der Waals surface area contributed by atoms with Gasteiger partial charge in [0.25, 0.3) is 0 Å². The molecule has 1 amide bonds. The summed E-state index contributed by atoms with van der Waals surface area (Å²) >= 11 is 0. The lowest BCUT2D eigenvalue weighted by Crippen LogP contribution is -2.40. The first-order valence-corrected chi connectivity index (χ1v) is 4.40. The van der Waals surface area contributed by atoms with E-state index in [1.807, 2.05) is 0 Å². The van der Waals surface area contributed by atoms with E-state index in [1.54, 1.807) is 13.0 Å². The summed E-state index contributed by atoms with van der Waals surface area (Å²) in [5.74, 6) is 0. The molecule has 0 N–H and O–H groups in total. The Hall–Kier alpha value is -1.29. The quantitative estimate of drug-likeness (QED) is 0.483. The second-order valence-electron chi connectivity index (χ2n) is 2.50. The zero-order valence-corrected chi connectivity index (χ0v) is 8.73. The molecule has 0 aliphatic heterocycles. The normalized spacial score (nSPS) is 11.6. The van der Waals surface area contributed by atoms with Gasteiger partial charge in [0.2, 0.25) is 0 Å². The highest BCUT2D eigenvalue weighted by Crippen LogP contribution is 2.04. The van der Waals surface area contributed by atoms with Gasteiger partial charge in [0.15, 0.2) is 6.23 Å². The van der Waals surface area contributed by atoms with Crippen LogP contribution in [0.2, 0.25) is 0 Å². The van der Waals surface area contributed by atoms with Gasteiger partial charge in [0.05, 0.1) is 6.61 Å². The highest BCUT2D eigenvalue weighted by atomic mass is 16.6. The molecular formula is C10H17NO3. The highest BCUT2D eigenvalue weighted by molar-refractivity contribution is 5.68. The Labute approximate surface area is 84.8 Å². The first-order valence-electron chi connectivity index (χ1n) is 4.40. The Morgan fingerprint density at radius 3 is 2.57 bits per heavy atom. The van der Waals surface area contributed by atoms with E-state index < -0.39 is 12.3 Å². The van der Waals surface area contributed by atoms with Gasteiger partial charge in [0.1, 0.15) is 0 Å². The maximum atomic E-state index is 11.4. The Morgan fingerprint density at radius 2 is 2.21 bits per heavy atom. The molecule has 0 aromatic carbocycles. The minimum atomic E-state index is -0.480. The van der Waals surface area contributed by atoms with Crippen LogP contribution in [0.5, 0.6) is 0 Å². The molecule has 0 fully saturated rings. The van der Waals surface area contributed by atoms with Crippen LogP contribution in [0.4, 0.5) is 4.79 Å². The maximum Gasteiger partial charge on any atom is 0.412 e. The van der Waals surface area contributed by atoms with Crippen LogP contribution in [-0.4, -0.2) is 37.5 Å². The van der Waals surface area contributed by atoms with E-state index in [1.165, 1.54) is 18.1 Å². The van der Waals surface area contributed by atoms with Crippen molar-refractivity contribution < 1.29 is 14.3 Å². The second kappa shape index (κ2) is 7.15. The van der Waals surface area contributed by atoms with Crippen LogP contribution >= 0.6 is 0 Å². The average Bonchev–Trinajstić information content (AvgIpc) is 2.18. The van der Waals surface area contributed by atoms with Gasteiger partial charge < -0.3 is 9.47 Å². The number of hydrogen-bond acceptors (Lipinski definition) is 3. The SMILES string of the molecule is C=CCN(C(=O)OCC)C(C=C)OC. The number of nitrogens with zero attached hydrogens (tertiary/aromatic N) is 1. The third-order valence-electron chi connectivity index (χ3n) is 1.58. The van der Waals surface area contributed by atoms with Crippen LogP contribution < -0.4 is 0 Å². The molecule has 1 unspecified atom stereocenters. The topological polar surface area (TPSA) is 38.8 Å². The molecule has 1 atom stereocenters. The van der Waals surface area contributed by atoms with Crippen LogP contribution in [0.1, 0.15) is 6.92 Å². The van der Waals surface area contributed by atoms with Crippen molar-refractivity contribution in [3.8, 4) is 0 Å². The van der Waals surface area contributed by atoms with E-state index in [0.29, 0.717) is 13.2 Å². The fourth-order valence-corrected chi connectivity index (χ4v) is 0.978. The summed E-state index contributed by atoms with van der Waals surface area (Å²) in [7, 11) is 1.50. The molecule has 0 bridgehead atoms. The Bertz CT molecular complexity index is 204. The summed E-state index contributed by atoms with van der Waals surface area (Å²) in [6, 6.07) is 0. The first-order chi connectivity index (χ1) is 6.71. The van der Waals surface area contributed by atoms with Gasteiger partial charge in [-0.15, -0.1) is 6.58 Å². The fraction of sp³-hybridized carbons (Fsp3) is 0.500. The summed E-state index contributed by atoms with van der Waals surface area (Å²) in [5, 5.41) is 0. The van der Waals surface area contributed by atoms with Gasteiger partial charge in [-0.2, -0.15) is 0 Å². The number of carbonyl (C=O) groups is 1. The smallest absolute Gasteiger partial charge is 0.412 e. The van der Waals surface area contributed by atoms with Crippen molar-refractivity contribution in [3.63, 3.8) is 0 Å². The average molecular weight is 199 g/mol. The highest BCUT2D eigenvalue weighted by Gasteiger charge is 2.20. The van der Waals surface area contributed by atoms with Crippen LogP contribution in [0.15, 0.2) is 25.3 Å². The van der Waals surface area contributed by atoms with Gasteiger partial charge in [0, 0.05) is 13.7 Å². The Kier molecular flexibility index (Phi) is 6.49. The molecule has 0 spiro atoms. The molecule has 0 saturated heterocycles. The zero-order valence-electron chi connectivity index (χ0n) is 8.73. The lowest BCUT2D eigenvalue weighted by molar-refractivity contribution is 0.00571. The van der Waals surface area contributed by atoms with Crippen LogP contribution in [0.3, 0.4) is 0 Å². The fourth-order valence-electron chi connectivity index (χ4n) is 0.978. The van der Waals surface area contributed by atoms with Crippen LogP contribution in [0, 0.1) is 0 Å². The third kappa shape index (κ3) is 3.62. The number of methoxy groups -OCH3 is 1. The molecule has 0 heterocycles. The molecule has 0 rings (SSSR count). The molecule has 80 valence electrons. The van der Waals surface area contributed by atoms with Crippen molar-refractivity contribution in [2.75, 3.05) is 20.3 Å². The van der Waals surface area contributed by atoms with Crippen molar-refractivity contribution in [1.29, 1.82) is 0 Å². The predicted molar refractivity (Wildman–Crippen MR) is 54.9 cm³/mol. The van der Waals surface area contributed by atoms with Crippen LogP contribution in [-0.2, 0) is 9.47 Å². The molecule has 0 aliphatic carbocycles. The number of hydrogen-bond donors (Lipinski definition) is 0. The zero-order chi connectivity index (χ0) is 11.0. The van der Waals surface area contributed by atoms with Crippen molar-refractivity contribution >= 4 is 6.09 Å².